The highest BCUT2D eigenvalue weighted by Gasteiger charge is 2.15. The highest BCUT2D eigenvalue weighted by Crippen LogP contribution is 2.38. The van der Waals surface area contributed by atoms with E-state index in [0.717, 1.165) is 5.75 Å². The SMILES string of the molecule is COc1ccc(C(Br)c2cc(Br)sc2C)cc1. The Bertz CT molecular complexity index is 505. The van der Waals surface area contributed by atoms with Crippen molar-refractivity contribution in [3.63, 3.8) is 0 Å². The van der Waals surface area contributed by atoms with Crippen LogP contribution in [0.1, 0.15) is 20.8 Å². The number of alkyl halides is 1. The quantitative estimate of drug-likeness (QED) is 0.660. The van der Waals surface area contributed by atoms with Crippen LogP contribution in [-0.4, -0.2) is 7.11 Å². The monoisotopic (exact) mass is 374 g/mol. The molecule has 2 rings (SSSR count). The first-order valence-corrected chi connectivity index (χ1v) is 7.68. The summed E-state index contributed by atoms with van der Waals surface area (Å²) < 4.78 is 6.33. The highest BCUT2D eigenvalue weighted by molar-refractivity contribution is 9.11. The van der Waals surface area contributed by atoms with Crippen LogP contribution in [0.2, 0.25) is 0 Å². The van der Waals surface area contributed by atoms with Gasteiger partial charge in [0.1, 0.15) is 5.75 Å². The fourth-order valence-electron chi connectivity index (χ4n) is 1.66. The molecular formula is C13H12Br2OS. The Morgan fingerprint density at radius 2 is 1.88 bits per heavy atom. The van der Waals surface area contributed by atoms with Crippen LogP contribution in [0.5, 0.6) is 5.75 Å². The number of rotatable bonds is 3. The Hall–Kier alpha value is -0.320. The van der Waals surface area contributed by atoms with Gasteiger partial charge in [-0.3, -0.25) is 0 Å². The van der Waals surface area contributed by atoms with Crippen LogP contribution in [0.3, 0.4) is 0 Å². The van der Waals surface area contributed by atoms with Gasteiger partial charge in [-0.1, -0.05) is 28.1 Å². The van der Waals surface area contributed by atoms with Gasteiger partial charge in [0.2, 0.25) is 0 Å². The lowest BCUT2D eigenvalue weighted by Gasteiger charge is -2.10. The van der Waals surface area contributed by atoms with E-state index in [-0.39, 0.29) is 4.83 Å². The van der Waals surface area contributed by atoms with E-state index < -0.39 is 0 Å². The first-order chi connectivity index (χ1) is 8.11. The third-order valence-corrected chi connectivity index (χ3v) is 5.20. The van der Waals surface area contributed by atoms with E-state index >= 15 is 0 Å². The van der Waals surface area contributed by atoms with Crippen molar-refractivity contribution in [2.45, 2.75) is 11.8 Å². The third kappa shape index (κ3) is 2.92. The van der Waals surface area contributed by atoms with Crippen molar-refractivity contribution >= 4 is 43.2 Å². The van der Waals surface area contributed by atoms with Crippen molar-refractivity contribution in [1.29, 1.82) is 0 Å². The van der Waals surface area contributed by atoms with E-state index in [0.29, 0.717) is 0 Å². The van der Waals surface area contributed by atoms with Gasteiger partial charge >= 0.3 is 0 Å². The molecule has 0 aliphatic heterocycles. The van der Waals surface area contributed by atoms with E-state index in [2.05, 4.69) is 57.0 Å². The average molecular weight is 376 g/mol. The predicted molar refractivity (Wildman–Crippen MR) is 80.5 cm³/mol. The first kappa shape index (κ1) is 13.1. The van der Waals surface area contributed by atoms with Crippen LogP contribution < -0.4 is 4.74 Å². The zero-order valence-electron chi connectivity index (χ0n) is 9.54. The number of halogens is 2. The number of benzene rings is 1. The van der Waals surface area contributed by atoms with Crippen molar-refractivity contribution in [2.24, 2.45) is 0 Å². The lowest BCUT2D eigenvalue weighted by molar-refractivity contribution is 0.414. The molecule has 17 heavy (non-hydrogen) atoms. The standard InChI is InChI=1S/C13H12Br2OS/c1-8-11(7-12(14)17-8)13(15)9-3-5-10(16-2)6-4-9/h3-7,13H,1-2H3. The normalized spacial score (nSPS) is 12.5. The summed E-state index contributed by atoms with van der Waals surface area (Å²) in [5, 5.41) is 0. The van der Waals surface area contributed by atoms with Crippen molar-refractivity contribution in [3.8, 4) is 5.75 Å². The second-order valence-corrected chi connectivity index (χ2v) is 7.25. The summed E-state index contributed by atoms with van der Waals surface area (Å²) in [6.07, 6.45) is 0. The fraction of sp³-hybridized carbons (Fsp3) is 0.231. The smallest absolute Gasteiger partial charge is 0.118 e. The van der Waals surface area contributed by atoms with Crippen LogP contribution in [0.4, 0.5) is 0 Å². The van der Waals surface area contributed by atoms with Crippen LogP contribution in [0.15, 0.2) is 34.1 Å². The Kier molecular flexibility index (Phi) is 4.28. The van der Waals surface area contributed by atoms with Crippen LogP contribution >= 0.6 is 43.2 Å². The molecule has 0 aliphatic carbocycles. The molecule has 1 heterocycles. The minimum atomic E-state index is 0.232. The molecule has 2 aromatic rings. The van der Waals surface area contributed by atoms with Crippen molar-refractivity contribution in [2.75, 3.05) is 7.11 Å². The minimum absolute atomic E-state index is 0.232. The van der Waals surface area contributed by atoms with Gasteiger partial charge in [-0.05, 0) is 52.2 Å². The van der Waals surface area contributed by atoms with Gasteiger partial charge in [0.15, 0.2) is 0 Å². The number of ether oxygens (including phenoxy) is 1. The second kappa shape index (κ2) is 5.55. The highest BCUT2D eigenvalue weighted by atomic mass is 79.9. The first-order valence-electron chi connectivity index (χ1n) is 5.15. The molecule has 4 heteroatoms. The van der Waals surface area contributed by atoms with Crippen molar-refractivity contribution < 1.29 is 4.74 Å². The van der Waals surface area contributed by atoms with E-state index in [9.17, 15) is 0 Å². The second-order valence-electron chi connectivity index (χ2n) is 3.70. The molecule has 1 atom stereocenters. The maximum absolute atomic E-state index is 5.16. The predicted octanol–water partition coefficient (Wildman–Crippen LogP) is 5.31. The number of hydrogen-bond acceptors (Lipinski definition) is 2. The third-order valence-electron chi connectivity index (χ3n) is 2.61. The molecule has 0 spiro atoms. The van der Waals surface area contributed by atoms with E-state index in [4.69, 9.17) is 4.74 Å². The molecule has 0 bridgehead atoms. The van der Waals surface area contributed by atoms with Crippen LogP contribution in [0.25, 0.3) is 0 Å². The summed E-state index contributed by atoms with van der Waals surface area (Å²) in [4.78, 5) is 1.56. The molecule has 0 aliphatic rings. The van der Waals surface area contributed by atoms with Gasteiger partial charge in [-0.15, -0.1) is 11.3 Å². The van der Waals surface area contributed by atoms with Gasteiger partial charge in [0, 0.05) is 4.88 Å². The molecule has 1 aromatic carbocycles. The average Bonchev–Trinajstić information content (AvgIpc) is 2.68. The largest absolute Gasteiger partial charge is 0.497 e. The molecular weight excluding hydrogens is 364 g/mol. The zero-order valence-corrected chi connectivity index (χ0v) is 13.5. The summed E-state index contributed by atoms with van der Waals surface area (Å²) in [5.41, 5.74) is 2.55. The lowest BCUT2D eigenvalue weighted by Crippen LogP contribution is -1.92. The molecule has 90 valence electrons. The number of hydrogen-bond donors (Lipinski definition) is 0. The zero-order chi connectivity index (χ0) is 12.4. The lowest BCUT2D eigenvalue weighted by atomic mass is 10.1. The summed E-state index contributed by atoms with van der Waals surface area (Å²) >= 11 is 9.04. The van der Waals surface area contributed by atoms with Crippen LogP contribution in [0, 0.1) is 6.92 Å². The molecule has 1 nitrogen and oxygen atoms in total. The van der Waals surface area contributed by atoms with Gasteiger partial charge < -0.3 is 4.74 Å². The minimum Gasteiger partial charge on any atom is -0.497 e. The van der Waals surface area contributed by atoms with E-state index in [1.54, 1.807) is 18.4 Å². The summed E-state index contributed by atoms with van der Waals surface area (Å²) in [7, 11) is 1.68. The molecule has 1 aromatic heterocycles. The maximum atomic E-state index is 5.16. The van der Waals surface area contributed by atoms with E-state index in [1.165, 1.54) is 19.8 Å². The Morgan fingerprint density at radius 3 is 2.35 bits per heavy atom. The molecule has 0 saturated heterocycles. The molecule has 0 N–H and O–H groups in total. The summed E-state index contributed by atoms with van der Waals surface area (Å²) in [5.74, 6) is 0.886. The van der Waals surface area contributed by atoms with Gasteiger partial charge in [0.05, 0.1) is 15.7 Å². The molecule has 1 unspecified atom stereocenters. The number of methoxy groups -OCH3 is 1. The van der Waals surface area contributed by atoms with Gasteiger partial charge in [0.25, 0.3) is 0 Å². The van der Waals surface area contributed by atoms with Crippen LogP contribution in [-0.2, 0) is 0 Å². The van der Waals surface area contributed by atoms with Gasteiger partial charge in [-0.25, -0.2) is 0 Å². The topological polar surface area (TPSA) is 9.23 Å². The Morgan fingerprint density at radius 1 is 1.24 bits per heavy atom. The molecule has 0 radical (unpaired) electrons. The summed E-state index contributed by atoms with van der Waals surface area (Å²) in [6, 6.07) is 10.3. The maximum Gasteiger partial charge on any atom is 0.118 e. The molecule has 0 saturated carbocycles. The summed E-state index contributed by atoms with van der Waals surface area (Å²) in [6.45, 7) is 2.14. The number of thiophene rings is 1. The number of aryl methyl sites for hydroxylation is 1. The fourth-order valence-corrected chi connectivity index (χ4v) is 4.34. The Balaban J connectivity index is 2.30. The Labute approximate surface area is 122 Å². The van der Waals surface area contributed by atoms with Crippen molar-refractivity contribution in [3.05, 3.63) is 50.1 Å². The molecule has 0 fully saturated rings. The van der Waals surface area contributed by atoms with Crippen molar-refractivity contribution in [1.82, 2.24) is 0 Å². The van der Waals surface area contributed by atoms with E-state index in [1.807, 2.05) is 12.1 Å². The van der Waals surface area contributed by atoms with Gasteiger partial charge in [-0.2, -0.15) is 0 Å². The molecule has 0 amide bonds.